The molecule has 2 aromatic carbocycles. The van der Waals surface area contributed by atoms with Crippen LogP contribution in [-0.2, 0) is 0 Å². The molecule has 3 rings (SSSR count). The third-order valence-electron chi connectivity index (χ3n) is 3.42. The smallest absolute Gasteiger partial charge is 0.0998 e. The molecule has 0 aromatic heterocycles. The lowest BCUT2D eigenvalue weighted by Gasteiger charge is -2.17. The van der Waals surface area contributed by atoms with E-state index in [1.807, 2.05) is 0 Å². The lowest BCUT2D eigenvalue weighted by molar-refractivity contribution is -0.265. The molecule has 0 bridgehead atoms. The van der Waals surface area contributed by atoms with Gasteiger partial charge in [0, 0.05) is 29.4 Å². The molecule has 1 atom stereocenters. The maximum atomic E-state index is 12.0. The Morgan fingerprint density at radius 2 is 2.33 bits per heavy atom. The summed E-state index contributed by atoms with van der Waals surface area (Å²) in [5, 5.41) is 25.8. The van der Waals surface area contributed by atoms with Gasteiger partial charge in [0.05, 0.1) is 11.6 Å². The van der Waals surface area contributed by atoms with E-state index in [1.54, 1.807) is 24.3 Å². The van der Waals surface area contributed by atoms with Crippen molar-refractivity contribution in [2.75, 3.05) is 17.7 Å². The molecule has 0 amide bonds. The molecule has 0 fully saturated rings. The van der Waals surface area contributed by atoms with E-state index in [9.17, 15) is 10.4 Å². The number of alkyl halides is 1. The Labute approximate surface area is 110 Å². The van der Waals surface area contributed by atoms with Gasteiger partial charge in [-0.2, -0.15) is 5.26 Å². The molecule has 1 N–H and O–H groups in total. The van der Waals surface area contributed by atoms with Gasteiger partial charge in [0.1, 0.15) is 0 Å². The maximum Gasteiger partial charge on any atom is 0.0998 e. The number of fused-ring (bicyclic) bond motifs is 3. The predicted octanol–water partition coefficient (Wildman–Crippen LogP) is 2.53. The summed E-state index contributed by atoms with van der Waals surface area (Å²) in [6.45, 7) is 0.719. The van der Waals surface area contributed by atoms with Gasteiger partial charge in [-0.15, -0.1) is 11.6 Å². The number of hydrogen-bond donors (Lipinski definition) is 1. The lowest BCUT2D eigenvalue weighted by atomic mass is 9.92. The molecule has 0 radical (unpaired) electrons. The third kappa shape index (κ3) is 1.43. The second kappa shape index (κ2) is 4.08. The molecular formula is C14H10ClN2O-. The standard InChI is InChI=1S/C14H11ClN2O/c15-5-9-7-17-11-4-12(18)10-3-1-2-8(6-16)13(10)14(9)11/h1-4,9,17-18H,5,7H2/p-1. The van der Waals surface area contributed by atoms with Crippen LogP contribution in [0.5, 0.6) is 5.75 Å². The Morgan fingerprint density at radius 1 is 1.50 bits per heavy atom. The summed E-state index contributed by atoms with van der Waals surface area (Å²) in [5.74, 6) is 0.579. The summed E-state index contributed by atoms with van der Waals surface area (Å²) in [4.78, 5) is 0. The fourth-order valence-corrected chi connectivity index (χ4v) is 2.86. The SMILES string of the molecule is N#Cc1cccc2c([O-])cc3c(c12)C(CCl)CN3. The van der Waals surface area contributed by atoms with Crippen LogP contribution in [0.15, 0.2) is 24.3 Å². The number of nitrogens with zero attached hydrogens (tertiary/aromatic N) is 1. The summed E-state index contributed by atoms with van der Waals surface area (Å²) in [5.41, 5.74) is 2.37. The number of benzene rings is 2. The molecule has 0 aliphatic carbocycles. The van der Waals surface area contributed by atoms with E-state index in [0.717, 1.165) is 23.2 Å². The quantitative estimate of drug-likeness (QED) is 0.799. The first-order chi connectivity index (χ1) is 8.76. The van der Waals surface area contributed by atoms with Gasteiger partial charge in [0.15, 0.2) is 0 Å². The van der Waals surface area contributed by atoms with Crippen LogP contribution in [0.3, 0.4) is 0 Å². The van der Waals surface area contributed by atoms with Gasteiger partial charge in [-0.1, -0.05) is 17.9 Å². The Hall–Kier alpha value is -1.92. The fourth-order valence-electron chi connectivity index (χ4n) is 2.60. The fraction of sp³-hybridized carbons (Fsp3) is 0.214. The first-order valence-electron chi connectivity index (χ1n) is 5.73. The molecule has 0 spiro atoms. The Balaban J connectivity index is 2.46. The number of hydrogen-bond acceptors (Lipinski definition) is 3. The third-order valence-corrected chi connectivity index (χ3v) is 3.79. The van der Waals surface area contributed by atoms with Gasteiger partial charge >= 0.3 is 0 Å². The number of anilines is 1. The molecule has 1 aliphatic heterocycles. The zero-order valence-electron chi connectivity index (χ0n) is 9.53. The maximum absolute atomic E-state index is 12.0. The van der Waals surface area contributed by atoms with Gasteiger partial charge in [-0.05, 0) is 23.1 Å². The minimum atomic E-state index is -0.0522. The van der Waals surface area contributed by atoms with Crippen molar-refractivity contribution in [3.63, 3.8) is 0 Å². The van der Waals surface area contributed by atoms with Crippen molar-refractivity contribution in [1.29, 1.82) is 5.26 Å². The van der Waals surface area contributed by atoms with Crippen LogP contribution in [0.1, 0.15) is 17.0 Å². The molecule has 18 heavy (non-hydrogen) atoms. The van der Waals surface area contributed by atoms with Gasteiger partial charge < -0.3 is 10.4 Å². The van der Waals surface area contributed by atoms with Gasteiger partial charge in [-0.25, -0.2) is 0 Å². The van der Waals surface area contributed by atoms with Crippen LogP contribution >= 0.6 is 11.6 Å². The van der Waals surface area contributed by atoms with Crippen molar-refractivity contribution >= 4 is 28.1 Å². The highest BCUT2D eigenvalue weighted by Gasteiger charge is 2.25. The van der Waals surface area contributed by atoms with Gasteiger partial charge in [-0.3, -0.25) is 0 Å². The molecule has 0 saturated carbocycles. The van der Waals surface area contributed by atoms with Gasteiger partial charge in [0.25, 0.3) is 0 Å². The molecule has 1 aliphatic rings. The van der Waals surface area contributed by atoms with E-state index in [0.29, 0.717) is 16.8 Å². The van der Waals surface area contributed by atoms with Crippen LogP contribution < -0.4 is 10.4 Å². The monoisotopic (exact) mass is 257 g/mol. The topological polar surface area (TPSA) is 58.9 Å². The van der Waals surface area contributed by atoms with Crippen molar-refractivity contribution < 1.29 is 5.11 Å². The number of nitriles is 1. The summed E-state index contributed by atoms with van der Waals surface area (Å²) in [6.07, 6.45) is 0. The highest BCUT2D eigenvalue weighted by Crippen LogP contribution is 2.42. The van der Waals surface area contributed by atoms with Crippen molar-refractivity contribution in [3.05, 3.63) is 35.4 Å². The van der Waals surface area contributed by atoms with Crippen molar-refractivity contribution in [2.45, 2.75) is 5.92 Å². The number of rotatable bonds is 1. The average Bonchev–Trinajstić information content (AvgIpc) is 2.81. The molecule has 2 aromatic rings. The minimum absolute atomic E-state index is 0.0522. The highest BCUT2D eigenvalue weighted by atomic mass is 35.5. The molecule has 1 heterocycles. The second-order valence-corrected chi connectivity index (χ2v) is 4.72. The van der Waals surface area contributed by atoms with E-state index in [4.69, 9.17) is 11.6 Å². The van der Waals surface area contributed by atoms with Crippen LogP contribution in [0.25, 0.3) is 10.8 Å². The lowest BCUT2D eigenvalue weighted by Crippen LogP contribution is -2.03. The van der Waals surface area contributed by atoms with Crippen molar-refractivity contribution in [2.24, 2.45) is 0 Å². The Bertz CT molecular complexity index is 676. The molecule has 90 valence electrons. The molecular weight excluding hydrogens is 248 g/mol. The van der Waals surface area contributed by atoms with Gasteiger partial charge in [0.2, 0.25) is 0 Å². The second-order valence-electron chi connectivity index (χ2n) is 4.41. The normalized spacial score (nSPS) is 17.2. The summed E-state index contributed by atoms with van der Waals surface area (Å²) < 4.78 is 0. The van der Waals surface area contributed by atoms with E-state index in [2.05, 4.69) is 11.4 Å². The largest absolute Gasteiger partial charge is 0.872 e. The van der Waals surface area contributed by atoms with E-state index in [1.165, 1.54) is 0 Å². The van der Waals surface area contributed by atoms with E-state index < -0.39 is 0 Å². The van der Waals surface area contributed by atoms with Crippen molar-refractivity contribution in [1.82, 2.24) is 0 Å². The zero-order chi connectivity index (χ0) is 12.7. The Kier molecular flexibility index (Phi) is 2.53. The minimum Gasteiger partial charge on any atom is -0.872 e. The molecule has 0 saturated heterocycles. The number of nitrogens with one attached hydrogen (secondary N) is 1. The summed E-state index contributed by atoms with van der Waals surface area (Å²) in [6, 6.07) is 9.02. The van der Waals surface area contributed by atoms with Crippen LogP contribution in [0.4, 0.5) is 5.69 Å². The van der Waals surface area contributed by atoms with Crippen LogP contribution in [0.2, 0.25) is 0 Å². The average molecular weight is 258 g/mol. The predicted molar refractivity (Wildman–Crippen MR) is 70.1 cm³/mol. The summed E-state index contributed by atoms with van der Waals surface area (Å²) in [7, 11) is 0. The highest BCUT2D eigenvalue weighted by molar-refractivity contribution is 6.18. The Morgan fingerprint density at radius 3 is 3.06 bits per heavy atom. The van der Waals surface area contributed by atoms with E-state index >= 15 is 0 Å². The van der Waals surface area contributed by atoms with Crippen LogP contribution in [-0.4, -0.2) is 12.4 Å². The van der Waals surface area contributed by atoms with E-state index in [-0.39, 0.29) is 11.7 Å². The molecule has 4 heteroatoms. The van der Waals surface area contributed by atoms with Crippen molar-refractivity contribution in [3.8, 4) is 11.8 Å². The zero-order valence-corrected chi connectivity index (χ0v) is 10.3. The molecule has 3 nitrogen and oxygen atoms in total. The first-order valence-corrected chi connectivity index (χ1v) is 6.26. The summed E-state index contributed by atoms with van der Waals surface area (Å²) >= 11 is 5.97. The number of halogens is 1. The van der Waals surface area contributed by atoms with Crippen LogP contribution in [0, 0.1) is 11.3 Å². The molecule has 1 unspecified atom stereocenters. The first kappa shape index (κ1) is 11.2.